The second kappa shape index (κ2) is 7.67. The maximum atomic E-state index is 13.0. The third-order valence-electron chi connectivity index (χ3n) is 4.60. The highest BCUT2D eigenvalue weighted by Crippen LogP contribution is 2.17. The van der Waals surface area contributed by atoms with Crippen molar-refractivity contribution in [2.75, 3.05) is 0 Å². The molecule has 0 unspecified atom stereocenters. The van der Waals surface area contributed by atoms with E-state index in [9.17, 15) is 14.4 Å². The van der Waals surface area contributed by atoms with Crippen molar-refractivity contribution in [1.29, 1.82) is 0 Å². The summed E-state index contributed by atoms with van der Waals surface area (Å²) in [5.41, 5.74) is 0.992. The second-order valence-electron chi connectivity index (χ2n) is 7.13. The Hall–Kier alpha value is -3.20. The molecule has 1 aromatic carbocycles. The number of amides is 1. The van der Waals surface area contributed by atoms with Crippen molar-refractivity contribution in [1.82, 2.24) is 24.1 Å². The van der Waals surface area contributed by atoms with Gasteiger partial charge in [0.15, 0.2) is 0 Å². The maximum Gasteiger partial charge on any atom is 0.352 e. The maximum absolute atomic E-state index is 13.0. The highest BCUT2D eigenvalue weighted by molar-refractivity contribution is 7.17. The van der Waals surface area contributed by atoms with E-state index in [1.165, 1.54) is 20.3 Å². The van der Waals surface area contributed by atoms with Gasteiger partial charge in [0.05, 0.1) is 5.52 Å². The summed E-state index contributed by atoms with van der Waals surface area (Å²) in [6, 6.07) is 11.5. The molecule has 29 heavy (non-hydrogen) atoms. The Morgan fingerprint density at radius 3 is 2.66 bits per heavy atom. The molecule has 0 atom stereocenters. The van der Waals surface area contributed by atoms with Crippen LogP contribution in [0.4, 0.5) is 0 Å². The molecule has 0 bridgehead atoms. The Morgan fingerprint density at radius 2 is 1.93 bits per heavy atom. The Bertz CT molecular complexity index is 1300. The monoisotopic (exact) mass is 411 g/mol. The first-order chi connectivity index (χ1) is 14.0. The van der Waals surface area contributed by atoms with Crippen LogP contribution >= 0.6 is 11.3 Å². The lowest BCUT2D eigenvalue weighted by molar-refractivity contribution is -0.122. The van der Waals surface area contributed by atoms with Crippen molar-refractivity contribution in [2.24, 2.45) is 0 Å². The van der Waals surface area contributed by atoms with Crippen molar-refractivity contribution < 1.29 is 4.79 Å². The summed E-state index contributed by atoms with van der Waals surface area (Å²) in [7, 11) is 0. The predicted molar refractivity (Wildman–Crippen MR) is 113 cm³/mol. The molecule has 150 valence electrons. The van der Waals surface area contributed by atoms with Crippen LogP contribution < -0.4 is 16.6 Å². The van der Waals surface area contributed by atoms with Gasteiger partial charge in [0.2, 0.25) is 11.7 Å². The number of hydrogen-bond acceptors (Lipinski definition) is 5. The number of rotatable bonds is 6. The summed E-state index contributed by atoms with van der Waals surface area (Å²) in [4.78, 5) is 38.2. The van der Waals surface area contributed by atoms with Crippen LogP contribution in [-0.4, -0.2) is 30.7 Å². The summed E-state index contributed by atoms with van der Waals surface area (Å²) < 4.78 is 4.55. The molecule has 0 spiro atoms. The van der Waals surface area contributed by atoms with Gasteiger partial charge in [0.25, 0.3) is 5.56 Å². The van der Waals surface area contributed by atoms with E-state index in [0.29, 0.717) is 23.2 Å². The lowest BCUT2D eigenvalue weighted by Crippen LogP contribution is -2.36. The van der Waals surface area contributed by atoms with Crippen molar-refractivity contribution in [3.8, 4) is 0 Å². The van der Waals surface area contributed by atoms with E-state index >= 15 is 0 Å². The number of carbonyl (C=O) groups excluding carboxylic acids is 1. The first-order valence-electron chi connectivity index (χ1n) is 9.38. The third-order valence-corrected chi connectivity index (χ3v) is 5.49. The van der Waals surface area contributed by atoms with Gasteiger partial charge in [-0.2, -0.15) is 0 Å². The van der Waals surface area contributed by atoms with E-state index in [4.69, 9.17) is 0 Å². The molecule has 0 aliphatic rings. The van der Waals surface area contributed by atoms with Crippen molar-refractivity contribution in [2.45, 2.75) is 39.4 Å². The number of fused-ring (bicyclic) bond motifs is 3. The second-order valence-corrected chi connectivity index (χ2v) is 8.04. The zero-order valence-electron chi connectivity index (χ0n) is 16.2. The number of carbonyl (C=O) groups is 1. The fourth-order valence-corrected chi connectivity index (χ4v) is 4.15. The van der Waals surface area contributed by atoms with Crippen LogP contribution in [0.15, 0.2) is 51.4 Å². The van der Waals surface area contributed by atoms with Crippen molar-refractivity contribution in [3.05, 3.63) is 68.2 Å². The van der Waals surface area contributed by atoms with Gasteiger partial charge in [-0.25, -0.2) is 13.9 Å². The number of aromatic nitrogens is 4. The number of hydrogen-bond donors (Lipinski definition) is 1. The van der Waals surface area contributed by atoms with Gasteiger partial charge in [-0.1, -0.05) is 30.3 Å². The van der Waals surface area contributed by atoms with Crippen LogP contribution in [-0.2, 0) is 24.3 Å². The van der Waals surface area contributed by atoms with Crippen LogP contribution in [0.1, 0.15) is 19.4 Å². The first kappa shape index (κ1) is 19.1. The summed E-state index contributed by atoms with van der Waals surface area (Å²) in [6.07, 6.45) is 0.627. The molecule has 1 amide bonds. The van der Waals surface area contributed by atoms with Crippen molar-refractivity contribution >= 4 is 33.2 Å². The lowest BCUT2D eigenvalue weighted by atomic mass is 10.1. The average molecular weight is 411 g/mol. The summed E-state index contributed by atoms with van der Waals surface area (Å²) in [6.45, 7) is 3.88. The molecule has 1 N–H and O–H groups in total. The smallest absolute Gasteiger partial charge is 0.352 e. The van der Waals surface area contributed by atoms with Gasteiger partial charge in [0.1, 0.15) is 11.2 Å². The molecule has 4 aromatic rings. The van der Waals surface area contributed by atoms with Gasteiger partial charge in [-0.05, 0) is 37.3 Å². The molecule has 0 radical (unpaired) electrons. The zero-order chi connectivity index (χ0) is 20.5. The lowest BCUT2D eigenvalue weighted by Gasteiger charge is -2.08. The highest BCUT2D eigenvalue weighted by Gasteiger charge is 2.19. The number of thiophene rings is 1. The molecule has 3 heterocycles. The van der Waals surface area contributed by atoms with E-state index in [-0.39, 0.29) is 29.8 Å². The number of nitrogens with one attached hydrogen (secondary N) is 1. The molecule has 9 heteroatoms. The summed E-state index contributed by atoms with van der Waals surface area (Å²) >= 11 is 1.30. The molecule has 0 aliphatic carbocycles. The molecule has 4 rings (SSSR count). The van der Waals surface area contributed by atoms with Gasteiger partial charge >= 0.3 is 5.69 Å². The molecule has 0 saturated heterocycles. The molecule has 0 saturated carbocycles. The zero-order valence-corrected chi connectivity index (χ0v) is 17.0. The standard InChI is InChI=1S/C20H21N5O3S/c1-13(2)21-16(26)12-24-20(28)25-15-9-11-29-17(15)18(27)23(19(25)22-24)10-8-14-6-4-3-5-7-14/h3-7,9,11,13H,8,10,12H2,1-2H3,(H,21,26). The Morgan fingerprint density at radius 1 is 1.17 bits per heavy atom. The minimum Gasteiger partial charge on any atom is -0.352 e. The number of aryl methyl sites for hydroxylation is 2. The van der Waals surface area contributed by atoms with E-state index in [0.717, 1.165) is 10.2 Å². The normalized spacial score (nSPS) is 11.6. The number of nitrogens with zero attached hydrogens (tertiary/aromatic N) is 4. The van der Waals surface area contributed by atoms with E-state index in [2.05, 4.69) is 10.4 Å². The van der Waals surface area contributed by atoms with Crippen LogP contribution in [0, 0.1) is 0 Å². The SMILES string of the molecule is CC(C)NC(=O)Cn1nc2n(CCc3ccccc3)c(=O)c3sccc3n2c1=O. The minimum absolute atomic E-state index is 0.0390. The Kier molecular flexibility index (Phi) is 5.06. The van der Waals surface area contributed by atoms with E-state index in [1.54, 1.807) is 11.4 Å². The van der Waals surface area contributed by atoms with Gasteiger partial charge in [-0.3, -0.25) is 14.2 Å². The largest absolute Gasteiger partial charge is 0.352 e. The predicted octanol–water partition coefficient (Wildman–Crippen LogP) is 1.64. The first-order valence-corrected chi connectivity index (χ1v) is 10.3. The quantitative estimate of drug-likeness (QED) is 0.522. The topological polar surface area (TPSA) is 90.4 Å². The van der Waals surface area contributed by atoms with Crippen molar-refractivity contribution in [3.63, 3.8) is 0 Å². The number of benzene rings is 1. The van der Waals surface area contributed by atoms with Crippen LogP contribution in [0.2, 0.25) is 0 Å². The van der Waals surface area contributed by atoms with Crippen LogP contribution in [0.5, 0.6) is 0 Å². The average Bonchev–Trinajstić information content (AvgIpc) is 3.27. The fourth-order valence-electron chi connectivity index (χ4n) is 3.33. The van der Waals surface area contributed by atoms with Gasteiger partial charge in [-0.15, -0.1) is 16.4 Å². The summed E-state index contributed by atoms with van der Waals surface area (Å²) in [5, 5.41) is 8.87. The Balaban J connectivity index is 1.82. The highest BCUT2D eigenvalue weighted by atomic mass is 32.1. The molecule has 0 fully saturated rings. The van der Waals surface area contributed by atoms with E-state index < -0.39 is 5.69 Å². The van der Waals surface area contributed by atoms with Crippen LogP contribution in [0.25, 0.3) is 16.0 Å². The minimum atomic E-state index is -0.434. The van der Waals surface area contributed by atoms with E-state index in [1.807, 2.05) is 44.2 Å². The molecular formula is C20H21N5O3S. The molecule has 3 aromatic heterocycles. The molecule has 0 aliphatic heterocycles. The Labute approximate surface area is 170 Å². The molecular weight excluding hydrogens is 390 g/mol. The fraction of sp³-hybridized carbons (Fsp3) is 0.300. The van der Waals surface area contributed by atoms with Crippen LogP contribution in [0.3, 0.4) is 0 Å². The summed E-state index contributed by atoms with van der Waals surface area (Å²) in [5.74, 6) is -0.0515. The third kappa shape index (κ3) is 3.61. The molecule has 8 nitrogen and oxygen atoms in total. The van der Waals surface area contributed by atoms with Gasteiger partial charge in [0, 0.05) is 12.6 Å². The van der Waals surface area contributed by atoms with Gasteiger partial charge < -0.3 is 5.32 Å².